The van der Waals surface area contributed by atoms with Gasteiger partial charge in [0, 0.05) is 36.5 Å². The summed E-state index contributed by atoms with van der Waals surface area (Å²) in [4.78, 5) is 20.2. The average molecular weight is 326 g/mol. The molecule has 0 bridgehead atoms. The average Bonchev–Trinajstić information content (AvgIpc) is 2.87. The molecule has 22 heavy (non-hydrogen) atoms. The maximum Gasteiger partial charge on any atom is 0.280 e. The Hall–Kier alpha value is -1.06. The van der Waals surface area contributed by atoms with E-state index in [2.05, 4.69) is 22.2 Å². The van der Waals surface area contributed by atoms with Crippen LogP contribution in [0.1, 0.15) is 33.2 Å². The molecule has 1 aromatic heterocycles. The number of thiazole rings is 1. The first-order valence-electron chi connectivity index (χ1n) is 7.53. The molecule has 4 unspecified atom stereocenters. The van der Waals surface area contributed by atoms with Crippen LogP contribution in [0.3, 0.4) is 0 Å². The van der Waals surface area contributed by atoms with Crippen LogP contribution in [0.15, 0.2) is 0 Å². The summed E-state index contributed by atoms with van der Waals surface area (Å²) < 4.78 is 0. The molecule has 0 saturated heterocycles. The zero-order chi connectivity index (χ0) is 15.9. The Balaban J connectivity index is 1.67. The first-order chi connectivity index (χ1) is 10.4. The fourth-order valence-electron chi connectivity index (χ4n) is 3.01. The molecule has 1 saturated carbocycles. The molecule has 1 aliphatic carbocycles. The smallest absolute Gasteiger partial charge is 0.280 e. The Morgan fingerprint density at radius 3 is 2.91 bits per heavy atom. The van der Waals surface area contributed by atoms with Gasteiger partial charge in [0.25, 0.3) is 5.91 Å². The normalized spacial score (nSPS) is 32.5. The highest BCUT2D eigenvalue weighted by Gasteiger charge is 2.35. The fraction of sp³-hybridized carbons (Fsp3) is 0.714. The van der Waals surface area contributed by atoms with Gasteiger partial charge in [0.15, 0.2) is 5.01 Å². The third-order valence-electron chi connectivity index (χ3n) is 4.40. The molecule has 1 aromatic rings. The van der Waals surface area contributed by atoms with Gasteiger partial charge in [0.2, 0.25) is 0 Å². The molecule has 1 amide bonds. The zero-order valence-corrected chi connectivity index (χ0v) is 13.3. The number of aliphatic hydroxyl groups is 2. The molecule has 0 aromatic carbocycles. The number of rotatable bonds is 2. The minimum Gasteiger partial charge on any atom is -0.390 e. The van der Waals surface area contributed by atoms with Gasteiger partial charge >= 0.3 is 0 Å². The van der Waals surface area contributed by atoms with Gasteiger partial charge in [-0.2, -0.15) is 0 Å². The SMILES string of the molecule is CN1CCc2nc(C(=O)NC3CC(O)C(O)CC3N)sc2C1. The van der Waals surface area contributed by atoms with Crippen LogP contribution in [0.25, 0.3) is 0 Å². The molecule has 122 valence electrons. The summed E-state index contributed by atoms with van der Waals surface area (Å²) in [6.45, 7) is 1.78. The number of hydrogen-bond acceptors (Lipinski definition) is 7. The van der Waals surface area contributed by atoms with Crippen molar-refractivity contribution in [1.29, 1.82) is 0 Å². The number of amides is 1. The molecule has 2 aliphatic rings. The highest BCUT2D eigenvalue weighted by molar-refractivity contribution is 7.13. The van der Waals surface area contributed by atoms with E-state index in [9.17, 15) is 15.0 Å². The van der Waals surface area contributed by atoms with Crippen molar-refractivity contribution in [2.75, 3.05) is 13.6 Å². The molecule has 0 spiro atoms. The number of likely N-dealkylation sites (N-methyl/N-ethyl adjacent to an activating group) is 1. The second kappa shape index (κ2) is 6.21. The standard InChI is InChI=1S/C14H22N4O3S/c1-18-3-2-8-12(6-18)22-14(17-8)13(21)16-9-5-11(20)10(19)4-7(9)15/h7,9-11,19-20H,2-6,15H2,1H3,(H,16,21). The quantitative estimate of drug-likeness (QED) is 0.559. The summed E-state index contributed by atoms with van der Waals surface area (Å²) >= 11 is 1.42. The number of aliphatic hydroxyl groups excluding tert-OH is 2. The monoisotopic (exact) mass is 326 g/mol. The second-order valence-corrected chi connectivity index (χ2v) is 7.31. The summed E-state index contributed by atoms with van der Waals surface area (Å²) in [7, 11) is 2.05. The Morgan fingerprint density at radius 1 is 1.41 bits per heavy atom. The highest BCUT2D eigenvalue weighted by Crippen LogP contribution is 2.25. The maximum atomic E-state index is 12.4. The van der Waals surface area contributed by atoms with E-state index in [1.54, 1.807) is 0 Å². The van der Waals surface area contributed by atoms with Crippen LogP contribution in [-0.4, -0.2) is 63.9 Å². The topological polar surface area (TPSA) is 112 Å². The summed E-state index contributed by atoms with van der Waals surface area (Å²) in [5.74, 6) is -0.244. The van der Waals surface area contributed by atoms with Crippen molar-refractivity contribution in [1.82, 2.24) is 15.2 Å². The lowest BCUT2D eigenvalue weighted by Crippen LogP contribution is -2.56. The maximum absolute atomic E-state index is 12.4. The Bertz CT molecular complexity index is 564. The molecule has 0 radical (unpaired) electrons. The van der Waals surface area contributed by atoms with E-state index in [-0.39, 0.29) is 30.8 Å². The van der Waals surface area contributed by atoms with Crippen molar-refractivity contribution in [3.05, 3.63) is 15.6 Å². The number of carbonyl (C=O) groups is 1. The van der Waals surface area contributed by atoms with Gasteiger partial charge in [0.1, 0.15) is 0 Å². The molecule has 3 rings (SSSR count). The molecule has 1 aliphatic heterocycles. The summed E-state index contributed by atoms with van der Waals surface area (Å²) in [5, 5.41) is 22.6. The van der Waals surface area contributed by atoms with E-state index in [4.69, 9.17) is 5.73 Å². The van der Waals surface area contributed by atoms with Gasteiger partial charge in [-0.15, -0.1) is 11.3 Å². The van der Waals surface area contributed by atoms with Crippen molar-refractivity contribution < 1.29 is 15.0 Å². The highest BCUT2D eigenvalue weighted by atomic mass is 32.1. The number of fused-ring (bicyclic) bond motifs is 1. The number of hydrogen-bond donors (Lipinski definition) is 4. The van der Waals surface area contributed by atoms with Crippen molar-refractivity contribution in [2.45, 2.75) is 50.1 Å². The molecule has 1 fully saturated rings. The molecule has 8 heteroatoms. The van der Waals surface area contributed by atoms with Gasteiger partial charge in [-0.1, -0.05) is 0 Å². The summed E-state index contributed by atoms with van der Waals surface area (Å²) in [6, 6.07) is -0.697. The minimum atomic E-state index is -0.844. The third-order valence-corrected chi connectivity index (χ3v) is 5.48. The van der Waals surface area contributed by atoms with Gasteiger partial charge in [-0.05, 0) is 19.9 Å². The third kappa shape index (κ3) is 3.16. The number of nitrogens with one attached hydrogen (secondary N) is 1. The van der Waals surface area contributed by atoms with Crippen LogP contribution in [0, 0.1) is 0 Å². The van der Waals surface area contributed by atoms with E-state index in [1.807, 2.05) is 0 Å². The predicted octanol–water partition coefficient (Wildman–Crippen LogP) is -0.928. The Labute approximate surface area is 133 Å². The lowest BCUT2D eigenvalue weighted by atomic mass is 9.86. The van der Waals surface area contributed by atoms with Gasteiger partial charge in [-0.3, -0.25) is 4.79 Å². The van der Waals surface area contributed by atoms with Crippen LogP contribution in [-0.2, 0) is 13.0 Å². The van der Waals surface area contributed by atoms with Gasteiger partial charge < -0.3 is 26.2 Å². The van der Waals surface area contributed by atoms with E-state index >= 15 is 0 Å². The second-order valence-electron chi connectivity index (χ2n) is 6.23. The zero-order valence-electron chi connectivity index (χ0n) is 12.5. The molecule has 4 atom stereocenters. The minimum absolute atomic E-state index is 0.244. The van der Waals surface area contributed by atoms with Crippen LogP contribution in [0.4, 0.5) is 0 Å². The van der Waals surface area contributed by atoms with Gasteiger partial charge in [-0.25, -0.2) is 4.98 Å². The lowest BCUT2D eigenvalue weighted by molar-refractivity contribution is -0.0236. The Morgan fingerprint density at radius 2 is 2.14 bits per heavy atom. The number of nitrogens with two attached hydrogens (primary N) is 1. The number of carbonyl (C=O) groups excluding carboxylic acids is 1. The largest absolute Gasteiger partial charge is 0.390 e. The summed E-state index contributed by atoms with van der Waals surface area (Å²) in [6.07, 6.45) is -0.245. The number of aromatic nitrogens is 1. The van der Waals surface area contributed by atoms with Crippen molar-refractivity contribution in [3.63, 3.8) is 0 Å². The van der Waals surface area contributed by atoms with Gasteiger partial charge in [0.05, 0.1) is 17.9 Å². The molecule has 5 N–H and O–H groups in total. The first kappa shape index (κ1) is 15.8. The molecule has 2 heterocycles. The van der Waals surface area contributed by atoms with Crippen molar-refractivity contribution in [2.24, 2.45) is 5.73 Å². The van der Waals surface area contributed by atoms with Crippen molar-refractivity contribution in [3.8, 4) is 0 Å². The van der Waals surface area contributed by atoms with E-state index in [0.717, 1.165) is 30.1 Å². The van der Waals surface area contributed by atoms with E-state index in [0.29, 0.717) is 5.01 Å². The fourth-order valence-corrected chi connectivity index (χ4v) is 4.10. The molecular formula is C14H22N4O3S. The van der Waals surface area contributed by atoms with Crippen molar-refractivity contribution >= 4 is 17.2 Å². The van der Waals surface area contributed by atoms with Crippen LogP contribution >= 0.6 is 11.3 Å². The van der Waals surface area contributed by atoms with E-state index in [1.165, 1.54) is 11.3 Å². The predicted molar refractivity (Wildman–Crippen MR) is 82.6 cm³/mol. The lowest BCUT2D eigenvalue weighted by Gasteiger charge is -2.35. The van der Waals surface area contributed by atoms with Crippen LogP contribution < -0.4 is 11.1 Å². The molecule has 7 nitrogen and oxygen atoms in total. The van der Waals surface area contributed by atoms with E-state index < -0.39 is 12.2 Å². The number of nitrogens with zero attached hydrogens (tertiary/aromatic N) is 2. The molecular weight excluding hydrogens is 304 g/mol. The van der Waals surface area contributed by atoms with Crippen LogP contribution in [0.5, 0.6) is 0 Å². The summed E-state index contributed by atoms with van der Waals surface area (Å²) in [5.41, 5.74) is 6.97. The Kier molecular flexibility index (Phi) is 4.47. The first-order valence-corrected chi connectivity index (χ1v) is 8.35. The van der Waals surface area contributed by atoms with Crippen LogP contribution in [0.2, 0.25) is 0 Å².